The summed E-state index contributed by atoms with van der Waals surface area (Å²) in [5.41, 5.74) is 0.695. The van der Waals surface area contributed by atoms with E-state index in [-0.39, 0.29) is 13.0 Å². The Bertz CT molecular complexity index is 724. The van der Waals surface area contributed by atoms with Crippen molar-refractivity contribution in [2.24, 2.45) is 0 Å². The van der Waals surface area contributed by atoms with Crippen LogP contribution in [0.4, 0.5) is 5.69 Å². The number of methoxy groups -OCH3 is 1. The van der Waals surface area contributed by atoms with Crippen LogP contribution in [0.5, 0.6) is 0 Å². The van der Waals surface area contributed by atoms with Crippen molar-refractivity contribution in [1.29, 1.82) is 0 Å². The van der Waals surface area contributed by atoms with Gasteiger partial charge < -0.3 is 24.9 Å². The van der Waals surface area contributed by atoms with Crippen LogP contribution in [0.25, 0.3) is 0 Å². The fraction of sp³-hybridized carbons (Fsp3) is 0.235. The lowest BCUT2D eigenvalue weighted by molar-refractivity contribution is -0.136. The Kier molecular flexibility index (Phi) is 6.30. The molecule has 8 heteroatoms. The third-order valence-electron chi connectivity index (χ3n) is 3.35. The van der Waals surface area contributed by atoms with Crippen molar-refractivity contribution in [1.82, 2.24) is 5.32 Å². The van der Waals surface area contributed by atoms with Gasteiger partial charge in [-0.05, 0) is 42.8 Å². The summed E-state index contributed by atoms with van der Waals surface area (Å²) in [6.07, 6.45) is 0.792. The van der Waals surface area contributed by atoms with E-state index in [1.54, 1.807) is 12.1 Å². The fourth-order valence-corrected chi connectivity index (χ4v) is 2.02. The van der Waals surface area contributed by atoms with Gasteiger partial charge in [-0.25, -0.2) is 4.79 Å². The molecule has 0 saturated heterocycles. The monoisotopic (exact) mass is 346 g/mol. The lowest BCUT2D eigenvalue weighted by atomic mass is 10.2. The zero-order valence-corrected chi connectivity index (χ0v) is 13.5. The number of benzene rings is 1. The maximum Gasteiger partial charge on any atom is 0.337 e. The Morgan fingerprint density at radius 2 is 1.88 bits per heavy atom. The maximum absolute atomic E-state index is 11.8. The van der Waals surface area contributed by atoms with Crippen LogP contribution in [0, 0.1) is 0 Å². The van der Waals surface area contributed by atoms with Gasteiger partial charge in [-0.15, -0.1) is 0 Å². The number of esters is 1. The molecule has 0 aliphatic rings. The van der Waals surface area contributed by atoms with E-state index in [9.17, 15) is 19.5 Å². The van der Waals surface area contributed by atoms with Crippen molar-refractivity contribution in [2.75, 3.05) is 19.0 Å². The van der Waals surface area contributed by atoms with Crippen molar-refractivity contribution in [3.63, 3.8) is 0 Å². The zero-order valence-electron chi connectivity index (χ0n) is 13.5. The topological polar surface area (TPSA) is 118 Å². The number of anilines is 1. The standard InChI is InChI=1S/C17H18N2O6/c1-24-17(23)11-4-6-12(7-5-11)19-16(22)15(21)18-9-8-13(20)14-3-2-10-25-14/h2-7,10,13,20H,8-9H2,1H3,(H,18,21)(H,19,22). The highest BCUT2D eigenvalue weighted by Gasteiger charge is 2.15. The molecule has 132 valence electrons. The van der Waals surface area contributed by atoms with Crippen molar-refractivity contribution < 1.29 is 28.6 Å². The second-order valence-corrected chi connectivity index (χ2v) is 5.10. The van der Waals surface area contributed by atoms with E-state index in [0.29, 0.717) is 17.0 Å². The van der Waals surface area contributed by atoms with Gasteiger partial charge in [-0.1, -0.05) is 0 Å². The van der Waals surface area contributed by atoms with Crippen molar-refractivity contribution in [3.8, 4) is 0 Å². The number of rotatable bonds is 6. The minimum absolute atomic E-state index is 0.107. The van der Waals surface area contributed by atoms with Gasteiger partial charge in [0.15, 0.2) is 0 Å². The molecule has 0 spiro atoms. The molecular formula is C17H18N2O6. The molecular weight excluding hydrogens is 328 g/mol. The van der Waals surface area contributed by atoms with Crippen LogP contribution >= 0.6 is 0 Å². The van der Waals surface area contributed by atoms with E-state index >= 15 is 0 Å². The Labute approximate surface area is 143 Å². The van der Waals surface area contributed by atoms with E-state index in [4.69, 9.17) is 4.42 Å². The molecule has 2 aromatic rings. The molecule has 2 amide bonds. The lowest BCUT2D eigenvalue weighted by Crippen LogP contribution is -2.36. The van der Waals surface area contributed by atoms with Crippen LogP contribution in [-0.4, -0.2) is 36.5 Å². The van der Waals surface area contributed by atoms with Gasteiger partial charge in [0.25, 0.3) is 0 Å². The number of amides is 2. The van der Waals surface area contributed by atoms with Gasteiger partial charge >= 0.3 is 17.8 Å². The van der Waals surface area contributed by atoms with Crippen LogP contribution in [0.3, 0.4) is 0 Å². The largest absolute Gasteiger partial charge is 0.467 e. The van der Waals surface area contributed by atoms with Gasteiger partial charge in [0.2, 0.25) is 0 Å². The fourth-order valence-electron chi connectivity index (χ4n) is 2.02. The molecule has 0 saturated carbocycles. The van der Waals surface area contributed by atoms with Crippen LogP contribution in [0.15, 0.2) is 47.1 Å². The first-order chi connectivity index (χ1) is 12.0. The highest BCUT2D eigenvalue weighted by molar-refractivity contribution is 6.39. The third kappa shape index (κ3) is 5.18. The van der Waals surface area contributed by atoms with Crippen molar-refractivity contribution >= 4 is 23.5 Å². The summed E-state index contributed by atoms with van der Waals surface area (Å²) in [5, 5.41) is 14.6. The summed E-state index contributed by atoms with van der Waals surface area (Å²) in [6, 6.07) is 9.18. The van der Waals surface area contributed by atoms with Gasteiger partial charge in [-0.2, -0.15) is 0 Å². The quantitative estimate of drug-likeness (QED) is 0.535. The summed E-state index contributed by atoms with van der Waals surface area (Å²) >= 11 is 0. The number of hydrogen-bond donors (Lipinski definition) is 3. The first-order valence-corrected chi connectivity index (χ1v) is 7.50. The number of nitrogens with one attached hydrogen (secondary N) is 2. The first kappa shape index (κ1) is 18.2. The number of hydrogen-bond acceptors (Lipinski definition) is 6. The molecule has 0 aliphatic carbocycles. The van der Waals surface area contributed by atoms with E-state index in [1.807, 2.05) is 0 Å². The maximum atomic E-state index is 11.8. The predicted octanol–water partition coefficient (Wildman–Crippen LogP) is 1.24. The Morgan fingerprint density at radius 1 is 1.16 bits per heavy atom. The molecule has 0 radical (unpaired) electrons. The second kappa shape index (κ2) is 8.65. The van der Waals surface area contributed by atoms with Crippen LogP contribution in [-0.2, 0) is 14.3 Å². The molecule has 0 aliphatic heterocycles. The minimum Gasteiger partial charge on any atom is -0.467 e. The second-order valence-electron chi connectivity index (χ2n) is 5.10. The number of ether oxygens (including phenoxy) is 1. The smallest absolute Gasteiger partial charge is 0.337 e. The van der Waals surface area contributed by atoms with Crippen molar-refractivity contribution in [2.45, 2.75) is 12.5 Å². The zero-order chi connectivity index (χ0) is 18.2. The highest BCUT2D eigenvalue weighted by Crippen LogP contribution is 2.15. The van der Waals surface area contributed by atoms with Crippen molar-refractivity contribution in [3.05, 3.63) is 54.0 Å². The average Bonchev–Trinajstić information content (AvgIpc) is 3.16. The Balaban J connectivity index is 1.78. The molecule has 2 rings (SSSR count). The Hall–Kier alpha value is -3.13. The lowest BCUT2D eigenvalue weighted by Gasteiger charge is -2.09. The highest BCUT2D eigenvalue weighted by atomic mass is 16.5. The molecule has 0 fully saturated rings. The summed E-state index contributed by atoms with van der Waals surface area (Å²) in [4.78, 5) is 34.8. The normalized spacial score (nSPS) is 11.4. The van der Waals surface area contributed by atoms with E-state index in [2.05, 4.69) is 15.4 Å². The van der Waals surface area contributed by atoms with E-state index < -0.39 is 23.9 Å². The number of aliphatic hydroxyl groups excluding tert-OH is 1. The summed E-state index contributed by atoms with van der Waals surface area (Å²) < 4.78 is 9.61. The van der Waals surface area contributed by atoms with Crippen LogP contribution in [0.2, 0.25) is 0 Å². The SMILES string of the molecule is COC(=O)c1ccc(NC(=O)C(=O)NCCC(O)c2ccco2)cc1. The minimum atomic E-state index is -0.857. The summed E-state index contributed by atoms with van der Waals surface area (Å²) in [5.74, 6) is -1.78. The van der Waals surface area contributed by atoms with Gasteiger partial charge in [0.1, 0.15) is 11.9 Å². The predicted molar refractivity (Wildman–Crippen MR) is 87.7 cm³/mol. The number of furan rings is 1. The summed E-state index contributed by atoms with van der Waals surface area (Å²) in [6.45, 7) is 0.107. The molecule has 1 aromatic carbocycles. The van der Waals surface area contributed by atoms with Crippen LogP contribution < -0.4 is 10.6 Å². The van der Waals surface area contributed by atoms with Gasteiger partial charge in [-0.3, -0.25) is 9.59 Å². The average molecular weight is 346 g/mol. The molecule has 1 heterocycles. The molecule has 1 unspecified atom stereocenters. The van der Waals surface area contributed by atoms with Gasteiger partial charge in [0, 0.05) is 12.2 Å². The molecule has 25 heavy (non-hydrogen) atoms. The summed E-state index contributed by atoms with van der Waals surface area (Å²) in [7, 11) is 1.27. The number of carbonyl (C=O) groups excluding carboxylic acids is 3. The van der Waals surface area contributed by atoms with E-state index in [0.717, 1.165) is 0 Å². The van der Waals surface area contributed by atoms with Crippen LogP contribution in [0.1, 0.15) is 28.6 Å². The number of aliphatic hydroxyl groups is 1. The first-order valence-electron chi connectivity index (χ1n) is 7.50. The molecule has 0 bridgehead atoms. The molecule has 8 nitrogen and oxygen atoms in total. The van der Waals surface area contributed by atoms with E-state index in [1.165, 1.54) is 37.6 Å². The van der Waals surface area contributed by atoms with Gasteiger partial charge in [0.05, 0.1) is 18.9 Å². The number of carbonyl (C=O) groups is 3. The molecule has 1 aromatic heterocycles. The third-order valence-corrected chi connectivity index (χ3v) is 3.35. The Morgan fingerprint density at radius 3 is 2.48 bits per heavy atom. The molecule has 1 atom stereocenters. The molecule has 3 N–H and O–H groups in total.